The summed E-state index contributed by atoms with van der Waals surface area (Å²) in [5.74, 6) is 0.410. The molecule has 0 saturated carbocycles. The first-order chi connectivity index (χ1) is 13.4. The lowest BCUT2D eigenvalue weighted by molar-refractivity contribution is -0.121. The number of nitrogens with one attached hydrogen (secondary N) is 2. The number of anilines is 2. The predicted molar refractivity (Wildman–Crippen MR) is 114 cm³/mol. The van der Waals surface area contributed by atoms with Gasteiger partial charge in [0, 0.05) is 35.4 Å². The quantitative estimate of drug-likeness (QED) is 0.728. The molecule has 3 rings (SSSR count). The standard InChI is InChI=1S/C22H26ClN3O2/c1-15(2)16-3-7-19(8-4-16)24-21(27)17-11-13-26(14-12-17)22(28)25-20-9-5-18(23)6-10-20/h3-10,15,17H,11-14H2,1-2H3,(H,24,27)(H,25,28). The fourth-order valence-corrected chi connectivity index (χ4v) is 3.40. The average molecular weight is 400 g/mol. The van der Waals surface area contributed by atoms with Crippen LogP contribution in [0.15, 0.2) is 48.5 Å². The number of urea groups is 1. The number of hydrogen-bond acceptors (Lipinski definition) is 2. The van der Waals surface area contributed by atoms with E-state index in [0.717, 1.165) is 5.69 Å². The van der Waals surface area contributed by atoms with E-state index in [0.29, 0.717) is 42.6 Å². The van der Waals surface area contributed by atoms with Crippen LogP contribution in [-0.2, 0) is 4.79 Å². The van der Waals surface area contributed by atoms with Crippen molar-refractivity contribution in [2.45, 2.75) is 32.6 Å². The molecule has 148 valence electrons. The molecule has 0 unspecified atom stereocenters. The molecule has 1 saturated heterocycles. The van der Waals surface area contributed by atoms with Gasteiger partial charge in [-0.05, 0) is 60.7 Å². The highest BCUT2D eigenvalue weighted by atomic mass is 35.5. The molecule has 1 aliphatic rings. The molecule has 1 heterocycles. The first kappa shape index (κ1) is 20.2. The molecule has 0 aromatic heterocycles. The van der Waals surface area contributed by atoms with Gasteiger partial charge in [-0.25, -0.2) is 4.79 Å². The minimum absolute atomic E-state index is 0.0232. The number of hydrogen-bond donors (Lipinski definition) is 2. The molecule has 3 amide bonds. The van der Waals surface area contributed by atoms with Gasteiger partial charge in [-0.3, -0.25) is 4.79 Å². The van der Waals surface area contributed by atoms with Gasteiger partial charge in [-0.2, -0.15) is 0 Å². The number of likely N-dealkylation sites (tertiary alicyclic amines) is 1. The molecule has 5 nitrogen and oxygen atoms in total. The Labute approximate surface area is 171 Å². The zero-order valence-corrected chi connectivity index (χ0v) is 17.0. The minimum Gasteiger partial charge on any atom is -0.326 e. The van der Waals surface area contributed by atoms with E-state index in [9.17, 15) is 9.59 Å². The molecule has 6 heteroatoms. The first-order valence-corrected chi connectivity index (χ1v) is 10.0. The number of benzene rings is 2. The maximum Gasteiger partial charge on any atom is 0.321 e. The number of halogens is 1. The lowest BCUT2D eigenvalue weighted by Gasteiger charge is -2.31. The van der Waals surface area contributed by atoms with Crippen molar-refractivity contribution in [1.82, 2.24) is 4.90 Å². The van der Waals surface area contributed by atoms with Crippen molar-refractivity contribution < 1.29 is 9.59 Å². The van der Waals surface area contributed by atoms with Crippen molar-refractivity contribution in [2.24, 2.45) is 5.92 Å². The van der Waals surface area contributed by atoms with Gasteiger partial charge in [0.15, 0.2) is 0 Å². The summed E-state index contributed by atoms with van der Waals surface area (Å²) >= 11 is 5.86. The Morgan fingerprint density at radius 2 is 1.46 bits per heavy atom. The molecule has 0 radical (unpaired) electrons. The van der Waals surface area contributed by atoms with Gasteiger partial charge < -0.3 is 15.5 Å². The Bertz CT molecular complexity index is 811. The van der Waals surface area contributed by atoms with E-state index in [1.54, 1.807) is 29.2 Å². The van der Waals surface area contributed by atoms with E-state index in [-0.39, 0.29) is 17.9 Å². The summed E-state index contributed by atoms with van der Waals surface area (Å²) in [6.07, 6.45) is 1.31. The molecule has 0 atom stereocenters. The van der Waals surface area contributed by atoms with Gasteiger partial charge in [-0.15, -0.1) is 0 Å². The fourth-order valence-electron chi connectivity index (χ4n) is 3.28. The molecule has 1 aliphatic heterocycles. The smallest absolute Gasteiger partial charge is 0.321 e. The molecular formula is C22H26ClN3O2. The van der Waals surface area contributed by atoms with Gasteiger partial charge in [0.1, 0.15) is 0 Å². The average Bonchev–Trinajstić information content (AvgIpc) is 2.70. The third-order valence-electron chi connectivity index (χ3n) is 5.09. The SMILES string of the molecule is CC(C)c1ccc(NC(=O)C2CCN(C(=O)Nc3ccc(Cl)cc3)CC2)cc1. The summed E-state index contributed by atoms with van der Waals surface area (Å²) in [6, 6.07) is 14.8. The molecule has 0 aliphatic carbocycles. The first-order valence-electron chi connectivity index (χ1n) is 9.64. The van der Waals surface area contributed by atoms with Gasteiger partial charge >= 0.3 is 6.03 Å². The summed E-state index contributed by atoms with van der Waals surface area (Å²) in [5, 5.41) is 6.49. The Morgan fingerprint density at radius 1 is 0.929 bits per heavy atom. The van der Waals surface area contributed by atoms with Gasteiger partial charge in [0.05, 0.1) is 0 Å². The number of carbonyl (C=O) groups is 2. The molecule has 2 aromatic carbocycles. The highest BCUT2D eigenvalue weighted by Gasteiger charge is 2.27. The van der Waals surface area contributed by atoms with E-state index in [2.05, 4.69) is 24.5 Å². The van der Waals surface area contributed by atoms with Crippen LogP contribution in [0.3, 0.4) is 0 Å². The Balaban J connectivity index is 1.48. The van der Waals surface area contributed by atoms with Crippen molar-refractivity contribution >= 4 is 34.9 Å². The summed E-state index contributed by atoms with van der Waals surface area (Å²) in [4.78, 5) is 26.7. The monoisotopic (exact) mass is 399 g/mol. The second-order valence-corrected chi connectivity index (χ2v) is 7.90. The summed E-state index contributed by atoms with van der Waals surface area (Å²) < 4.78 is 0. The number of carbonyl (C=O) groups excluding carboxylic acids is 2. The van der Waals surface area contributed by atoms with Crippen LogP contribution >= 0.6 is 11.6 Å². The molecule has 2 N–H and O–H groups in total. The normalized spacial score (nSPS) is 14.8. The van der Waals surface area contributed by atoms with Crippen LogP contribution < -0.4 is 10.6 Å². The zero-order valence-electron chi connectivity index (χ0n) is 16.2. The maximum absolute atomic E-state index is 12.5. The minimum atomic E-state index is -0.148. The summed E-state index contributed by atoms with van der Waals surface area (Å²) in [6.45, 7) is 5.41. The topological polar surface area (TPSA) is 61.4 Å². The number of rotatable bonds is 4. The van der Waals surface area contributed by atoms with Crippen LogP contribution in [0.2, 0.25) is 5.02 Å². The van der Waals surface area contributed by atoms with Crippen LogP contribution in [0.25, 0.3) is 0 Å². The molecule has 1 fully saturated rings. The van der Waals surface area contributed by atoms with Gasteiger partial charge in [0.2, 0.25) is 5.91 Å². The Kier molecular flexibility index (Phi) is 6.57. The van der Waals surface area contributed by atoms with E-state index in [1.165, 1.54) is 5.56 Å². The lowest BCUT2D eigenvalue weighted by Crippen LogP contribution is -2.43. The Morgan fingerprint density at radius 3 is 2.04 bits per heavy atom. The van der Waals surface area contributed by atoms with Crippen molar-refractivity contribution in [1.29, 1.82) is 0 Å². The fraction of sp³-hybridized carbons (Fsp3) is 0.364. The Hall–Kier alpha value is -2.53. The third-order valence-corrected chi connectivity index (χ3v) is 5.35. The second kappa shape index (κ2) is 9.11. The summed E-state index contributed by atoms with van der Waals surface area (Å²) in [7, 11) is 0. The van der Waals surface area contributed by atoms with Crippen LogP contribution in [-0.4, -0.2) is 29.9 Å². The largest absolute Gasteiger partial charge is 0.326 e. The summed E-state index contributed by atoms with van der Waals surface area (Å²) in [5.41, 5.74) is 2.77. The van der Waals surface area contributed by atoms with Crippen LogP contribution in [0, 0.1) is 5.92 Å². The van der Waals surface area contributed by atoms with Crippen molar-refractivity contribution in [3.63, 3.8) is 0 Å². The zero-order chi connectivity index (χ0) is 20.1. The number of nitrogens with zero attached hydrogens (tertiary/aromatic N) is 1. The van der Waals surface area contributed by atoms with Crippen molar-refractivity contribution in [3.8, 4) is 0 Å². The molecular weight excluding hydrogens is 374 g/mol. The van der Waals surface area contributed by atoms with E-state index in [1.807, 2.05) is 24.3 Å². The number of amides is 3. The van der Waals surface area contributed by atoms with E-state index in [4.69, 9.17) is 11.6 Å². The van der Waals surface area contributed by atoms with Crippen LogP contribution in [0.5, 0.6) is 0 Å². The highest BCUT2D eigenvalue weighted by molar-refractivity contribution is 6.30. The third kappa shape index (κ3) is 5.26. The maximum atomic E-state index is 12.5. The molecule has 0 spiro atoms. The molecule has 2 aromatic rings. The lowest BCUT2D eigenvalue weighted by atomic mass is 9.96. The molecule has 28 heavy (non-hydrogen) atoms. The van der Waals surface area contributed by atoms with Crippen molar-refractivity contribution in [2.75, 3.05) is 23.7 Å². The van der Waals surface area contributed by atoms with E-state index < -0.39 is 0 Å². The molecule has 0 bridgehead atoms. The van der Waals surface area contributed by atoms with E-state index >= 15 is 0 Å². The van der Waals surface area contributed by atoms with Crippen molar-refractivity contribution in [3.05, 3.63) is 59.1 Å². The predicted octanol–water partition coefficient (Wildman–Crippen LogP) is 5.35. The number of piperidine rings is 1. The van der Waals surface area contributed by atoms with Gasteiger partial charge in [0.25, 0.3) is 0 Å². The second-order valence-electron chi connectivity index (χ2n) is 7.46. The van der Waals surface area contributed by atoms with Crippen LogP contribution in [0.4, 0.5) is 16.2 Å². The van der Waals surface area contributed by atoms with Crippen LogP contribution in [0.1, 0.15) is 38.2 Å². The highest BCUT2D eigenvalue weighted by Crippen LogP contribution is 2.22. The van der Waals surface area contributed by atoms with Gasteiger partial charge in [-0.1, -0.05) is 37.6 Å².